The van der Waals surface area contributed by atoms with Crippen LogP contribution in [0, 0.1) is 0 Å². The molecule has 0 radical (unpaired) electrons. The lowest BCUT2D eigenvalue weighted by Crippen LogP contribution is -2.14. The molecule has 0 spiro atoms. The predicted molar refractivity (Wildman–Crippen MR) is 64.4 cm³/mol. The SMILES string of the molecule is O=CCS(=O)(=O)Oc1ccc2ccccc2c1. The fraction of sp³-hybridized carbons (Fsp3) is 0.0833. The Balaban J connectivity index is 2.34. The maximum absolute atomic E-state index is 11.3. The molecule has 0 unspecified atom stereocenters. The molecule has 2 rings (SSSR count). The van der Waals surface area contributed by atoms with Crippen LogP contribution in [0.1, 0.15) is 0 Å². The number of aldehydes is 1. The van der Waals surface area contributed by atoms with Crippen molar-refractivity contribution in [2.75, 3.05) is 5.75 Å². The Morgan fingerprint density at radius 1 is 1.06 bits per heavy atom. The molecule has 0 amide bonds. The van der Waals surface area contributed by atoms with Crippen molar-refractivity contribution in [3.8, 4) is 5.75 Å². The second-order valence-corrected chi connectivity index (χ2v) is 5.10. The molecule has 0 heterocycles. The molecule has 0 saturated carbocycles. The van der Waals surface area contributed by atoms with Gasteiger partial charge in [0.25, 0.3) is 0 Å². The number of carbonyl (C=O) groups excluding carboxylic acids is 1. The summed E-state index contributed by atoms with van der Waals surface area (Å²) in [6.45, 7) is 0. The van der Waals surface area contributed by atoms with Crippen molar-refractivity contribution in [1.82, 2.24) is 0 Å². The highest BCUT2D eigenvalue weighted by Crippen LogP contribution is 2.21. The summed E-state index contributed by atoms with van der Waals surface area (Å²) in [5.41, 5.74) is 0. The monoisotopic (exact) mass is 250 g/mol. The minimum absolute atomic E-state index is 0.213. The second-order valence-electron chi connectivity index (χ2n) is 3.48. The van der Waals surface area contributed by atoms with Crippen molar-refractivity contribution in [3.63, 3.8) is 0 Å². The lowest BCUT2D eigenvalue weighted by molar-refractivity contribution is -0.105. The molecule has 0 saturated heterocycles. The molecule has 0 aliphatic heterocycles. The normalized spacial score (nSPS) is 11.3. The maximum atomic E-state index is 11.3. The first-order chi connectivity index (χ1) is 8.11. The highest BCUT2D eigenvalue weighted by molar-refractivity contribution is 7.87. The molecule has 88 valence electrons. The largest absolute Gasteiger partial charge is 0.382 e. The van der Waals surface area contributed by atoms with Gasteiger partial charge in [0.2, 0.25) is 0 Å². The molecular weight excluding hydrogens is 240 g/mol. The molecular formula is C12H10O4S. The average Bonchev–Trinajstić information content (AvgIpc) is 2.28. The first-order valence-electron chi connectivity index (χ1n) is 4.95. The molecule has 0 bridgehead atoms. The molecule has 0 N–H and O–H groups in total. The lowest BCUT2D eigenvalue weighted by Gasteiger charge is -2.05. The van der Waals surface area contributed by atoms with Gasteiger partial charge in [-0.3, -0.25) is 0 Å². The number of fused-ring (bicyclic) bond motifs is 1. The zero-order chi connectivity index (χ0) is 12.3. The van der Waals surface area contributed by atoms with Gasteiger partial charge in [0.15, 0.2) is 0 Å². The van der Waals surface area contributed by atoms with E-state index in [0.29, 0.717) is 6.29 Å². The van der Waals surface area contributed by atoms with Crippen molar-refractivity contribution in [2.45, 2.75) is 0 Å². The summed E-state index contributed by atoms with van der Waals surface area (Å²) in [7, 11) is -3.82. The topological polar surface area (TPSA) is 60.4 Å². The number of hydrogen-bond donors (Lipinski definition) is 0. The van der Waals surface area contributed by atoms with Gasteiger partial charge >= 0.3 is 10.1 Å². The standard InChI is InChI=1S/C12H10O4S/c13-7-8-17(14,15)16-12-6-5-10-3-1-2-4-11(10)9-12/h1-7,9H,8H2. The predicted octanol–water partition coefficient (Wildman–Crippen LogP) is 1.75. The Morgan fingerprint density at radius 3 is 2.47 bits per heavy atom. The van der Waals surface area contributed by atoms with E-state index in [1.807, 2.05) is 24.3 Å². The van der Waals surface area contributed by atoms with Crippen molar-refractivity contribution < 1.29 is 17.4 Å². The first-order valence-corrected chi connectivity index (χ1v) is 6.53. The van der Waals surface area contributed by atoms with E-state index in [0.717, 1.165) is 10.8 Å². The highest BCUT2D eigenvalue weighted by Gasteiger charge is 2.11. The Labute approximate surface area is 99.0 Å². The quantitative estimate of drug-likeness (QED) is 0.612. The van der Waals surface area contributed by atoms with Crippen LogP contribution in [0.15, 0.2) is 42.5 Å². The van der Waals surface area contributed by atoms with Gasteiger partial charge in [0.05, 0.1) is 0 Å². The number of rotatable bonds is 4. The summed E-state index contributed by atoms with van der Waals surface area (Å²) in [5, 5.41) is 1.87. The molecule has 0 fully saturated rings. The first kappa shape index (κ1) is 11.6. The van der Waals surface area contributed by atoms with Gasteiger partial charge in [0.1, 0.15) is 17.8 Å². The van der Waals surface area contributed by atoms with Crippen molar-refractivity contribution in [1.29, 1.82) is 0 Å². The van der Waals surface area contributed by atoms with Crippen LogP contribution in [0.25, 0.3) is 10.8 Å². The fourth-order valence-corrected chi connectivity index (χ4v) is 2.11. The van der Waals surface area contributed by atoms with E-state index >= 15 is 0 Å². The van der Waals surface area contributed by atoms with Crippen molar-refractivity contribution in [2.24, 2.45) is 0 Å². The maximum Gasteiger partial charge on any atom is 0.316 e. The molecule has 0 atom stereocenters. The Kier molecular flexibility index (Phi) is 3.10. The van der Waals surface area contributed by atoms with E-state index in [-0.39, 0.29) is 5.75 Å². The van der Waals surface area contributed by atoms with Gasteiger partial charge in [-0.2, -0.15) is 8.42 Å². The van der Waals surface area contributed by atoms with Gasteiger partial charge in [-0.15, -0.1) is 0 Å². The minimum Gasteiger partial charge on any atom is -0.382 e. The third-order valence-corrected chi connectivity index (χ3v) is 3.21. The van der Waals surface area contributed by atoms with Crippen molar-refractivity contribution >= 4 is 27.2 Å². The lowest BCUT2D eigenvalue weighted by atomic mass is 10.1. The minimum atomic E-state index is -3.82. The molecule has 17 heavy (non-hydrogen) atoms. The van der Waals surface area contributed by atoms with Crippen LogP contribution in [0.3, 0.4) is 0 Å². The second kappa shape index (κ2) is 4.55. The van der Waals surface area contributed by atoms with Gasteiger partial charge in [-0.25, -0.2) is 0 Å². The zero-order valence-electron chi connectivity index (χ0n) is 8.87. The van der Waals surface area contributed by atoms with Gasteiger partial charge < -0.3 is 8.98 Å². The van der Waals surface area contributed by atoms with Crippen LogP contribution < -0.4 is 4.18 Å². The van der Waals surface area contributed by atoms with E-state index in [2.05, 4.69) is 0 Å². The summed E-state index contributed by atoms with van der Waals surface area (Å²) in [6, 6.07) is 12.5. The molecule has 0 aliphatic rings. The fourth-order valence-electron chi connectivity index (χ4n) is 1.48. The summed E-state index contributed by atoms with van der Waals surface area (Å²) in [4.78, 5) is 10.2. The third-order valence-electron chi connectivity index (χ3n) is 2.22. The van der Waals surface area contributed by atoms with Crippen LogP contribution in [0.2, 0.25) is 0 Å². The van der Waals surface area contributed by atoms with E-state index in [1.165, 1.54) is 0 Å². The molecule has 2 aromatic carbocycles. The van der Waals surface area contributed by atoms with Crippen LogP contribution in [0.4, 0.5) is 0 Å². The van der Waals surface area contributed by atoms with Crippen molar-refractivity contribution in [3.05, 3.63) is 42.5 Å². The van der Waals surface area contributed by atoms with Gasteiger partial charge in [-0.1, -0.05) is 30.3 Å². The number of carbonyl (C=O) groups is 1. The van der Waals surface area contributed by atoms with Crippen LogP contribution >= 0.6 is 0 Å². The number of benzene rings is 2. The molecule has 0 aliphatic carbocycles. The smallest absolute Gasteiger partial charge is 0.316 e. The zero-order valence-corrected chi connectivity index (χ0v) is 9.68. The Bertz CT molecular complexity index is 646. The summed E-state index contributed by atoms with van der Waals surface area (Å²) < 4.78 is 27.4. The number of hydrogen-bond acceptors (Lipinski definition) is 4. The van der Waals surface area contributed by atoms with Crippen LogP contribution in [-0.2, 0) is 14.9 Å². The van der Waals surface area contributed by atoms with Gasteiger partial charge in [-0.05, 0) is 22.9 Å². The Morgan fingerprint density at radius 2 is 1.76 bits per heavy atom. The van der Waals surface area contributed by atoms with Crippen LogP contribution in [0.5, 0.6) is 5.75 Å². The third kappa shape index (κ3) is 2.82. The van der Waals surface area contributed by atoms with E-state index in [4.69, 9.17) is 4.18 Å². The Hall–Kier alpha value is -1.88. The van der Waals surface area contributed by atoms with E-state index < -0.39 is 15.9 Å². The molecule has 0 aromatic heterocycles. The van der Waals surface area contributed by atoms with E-state index in [9.17, 15) is 13.2 Å². The molecule has 5 heteroatoms. The van der Waals surface area contributed by atoms with E-state index in [1.54, 1.807) is 18.2 Å². The van der Waals surface area contributed by atoms with Gasteiger partial charge in [0, 0.05) is 0 Å². The molecule has 2 aromatic rings. The summed E-state index contributed by atoms with van der Waals surface area (Å²) in [5.74, 6) is -0.426. The molecule has 4 nitrogen and oxygen atoms in total. The summed E-state index contributed by atoms with van der Waals surface area (Å²) >= 11 is 0. The van der Waals surface area contributed by atoms with Crippen LogP contribution in [-0.4, -0.2) is 20.5 Å². The average molecular weight is 250 g/mol. The highest BCUT2D eigenvalue weighted by atomic mass is 32.2. The summed E-state index contributed by atoms with van der Waals surface area (Å²) in [6.07, 6.45) is 0.302.